The summed E-state index contributed by atoms with van der Waals surface area (Å²) in [5, 5.41) is 7.85. The summed E-state index contributed by atoms with van der Waals surface area (Å²) in [5.74, 6) is -2.90. The second kappa shape index (κ2) is 13.7. The minimum absolute atomic E-state index is 0.0770. The van der Waals surface area contributed by atoms with Gasteiger partial charge in [-0.2, -0.15) is 0 Å². The molecule has 2 aromatic heterocycles. The molecule has 0 radical (unpaired) electrons. The molecule has 0 bridgehead atoms. The maximum absolute atomic E-state index is 13.4. The van der Waals surface area contributed by atoms with E-state index in [1.807, 2.05) is 32.0 Å². The van der Waals surface area contributed by atoms with Crippen LogP contribution < -0.4 is 21.5 Å². The highest BCUT2D eigenvalue weighted by Gasteiger charge is 2.31. The van der Waals surface area contributed by atoms with E-state index in [0.29, 0.717) is 6.42 Å². The van der Waals surface area contributed by atoms with E-state index in [1.165, 1.54) is 24.8 Å². The van der Waals surface area contributed by atoms with E-state index < -0.39 is 41.1 Å². The Labute approximate surface area is 219 Å². The first kappa shape index (κ1) is 28.0. The fourth-order valence-corrected chi connectivity index (χ4v) is 3.76. The number of H-pyrrole nitrogens is 2. The van der Waals surface area contributed by atoms with Gasteiger partial charge in [0.1, 0.15) is 17.8 Å². The average Bonchev–Trinajstić information content (AvgIpc) is 3.47. The number of Topliss-reactive ketones (excluding diaryl/α,β-unsaturated/α-hetero) is 1. The molecule has 0 saturated carbocycles. The maximum Gasteiger partial charge on any atom is 0.289 e. The molecule has 0 spiro atoms. The second-order valence-electron chi connectivity index (χ2n) is 9.06. The largest absolute Gasteiger partial charge is 0.345 e. The van der Waals surface area contributed by atoms with Crippen LogP contribution in [0.25, 0.3) is 0 Å². The lowest BCUT2D eigenvalue weighted by Gasteiger charge is -2.24. The highest BCUT2D eigenvalue weighted by molar-refractivity contribution is 6.38. The van der Waals surface area contributed by atoms with Gasteiger partial charge in [-0.1, -0.05) is 56.7 Å². The van der Waals surface area contributed by atoms with Crippen LogP contribution >= 0.6 is 0 Å². The van der Waals surface area contributed by atoms with Crippen molar-refractivity contribution in [3.8, 4) is 0 Å². The standard InChI is InChI=1S/C27H32N6O5/c1-3-17(2)12-21(33-26(37)22-15-28-16-31-22)25(36)32-20(13-19-10-7-11-29-24(19)35)23(34)27(38)30-14-18-8-5-4-6-9-18/h4-11,15-17,20-21H,3,12-14H2,1-2H3,(H,28,31)(H,29,35)(H,30,38)(H,32,36)(H,33,37). The third-order valence-electron chi connectivity index (χ3n) is 6.18. The number of nitrogens with zero attached hydrogens (tertiary/aromatic N) is 1. The van der Waals surface area contributed by atoms with Crippen molar-refractivity contribution in [1.29, 1.82) is 0 Å². The van der Waals surface area contributed by atoms with E-state index in [2.05, 4.69) is 30.9 Å². The van der Waals surface area contributed by atoms with Crippen LogP contribution in [-0.2, 0) is 27.3 Å². The Morgan fingerprint density at radius 1 is 0.974 bits per heavy atom. The van der Waals surface area contributed by atoms with Gasteiger partial charge in [0.05, 0.1) is 12.5 Å². The van der Waals surface area contributed by atoms with Gasteiger partial charge < -0.3 is 25.9 Å². The van der Waals surface area contributed by atoms with E-state index in [0.717, 1.165) is 12.0 Å². The molecule has 3 atom stereocenters. The van der Waals surface area contributed by atoms with Crippen molar-refractivity contribution >= 4 is 23.5 Å². The lowest BCUT2D eigenvalue weighted by Crippen LogP contribution is -2.55. The quantitative estimate of drug-likeness (QED) is 0.213. The van der Waals surface area contributed by atoms with Crippen molar-refractivity contribution < 1.29 is 19.2 Å². The molecule has 0 aliphatic rings. The molecule has 11 heteroatoms. The zero-order valence-electron chi connectivity index (χ0n) is 21.3. The summed E-state index contributed by atoms with van der Waals surface area (Å²) < 4.78 is 0. The van der Waals surface area contributed by atoms with Crippen molar-refractivity contribution in [2.45, 2.75) is 51.7 Å². The highest BCUT2D eigenvalue weighted by atomic mass is 16.2. The summed E-state index contributed by atoms with van der Waals surface area (Å²) in [5.41, 5.74) is 0.759. The summed E-state index contributed by atoms with van der Waals surface area (Å²) in [7, 11) is 0. The minimum Gasteiger partial charge on any atom is -0.345 e. The summed E-state index contributed by atoms with van der Waals surface area (Å²) in [6.07, 6.45) is 4.98. The van der Waals surface area contributed by atoms with Crippen molar-refractivity contribution in [2.75, 3.05) is 0 Å². The van der Waals surface area contributed by atoms with Crippen LogP contribution in [0.5, 0.6) is 0 Å². The topological polar surface area (TPSA) is 166 Å². The summed E-state index contributed by atoms with van der Waals surface area (Å²) in [4.78, 5) is 73.3. The molecule has 11 nitrogen and oxygen atoms in total. The number of benzene rings is 1. The molecule has 1 aromatic carbocycles. The van der Waals surface area contributed by atoms with Crippen LogP contribution in [0.15, 0.2) is 66.0 Å². The minimum atomic E-state index is -1.33. The van der Waals surface area contributed by atoms with E-state index >= 15 is 0 Å². The van der Waals surface area contributed by atoms with Gasteiger partial charge in [-0.05, 0) is 24.0 Å². The van der Waals surface area contributed by atoms with Crippen LogP contribution in [-0.4, -0.2) is 50.5 Å². The Morgan fingerprint density at radius 3 is 2.39 bits per heavy atom. The Balaban J connectivity index is 1.79. The van der Waals surface area contributed by atoms with Gasteiger partial charge in [-0.3, -0.25) is 24.0 Å². The fourth-order valence-electron chi connectivity index (χ4n) is 3.76. The molecule has 2 heterocycles. The molecule has 38 heavy (non-hydrogen) atoms. The number of hydrogen-bond acceptors (Lipinski definition) is 6. The molecule has 0 fully saturated rings. The van der Waals surface area contributed by atoms with Crippen molar-refractivity contribution in [3.05, 3.63) is 88.4 Å². The van der Waals surface area contributed by atoms with E-state index in [-0.39, 0.29) is 30.1 Å². The van der Waals surface area contributed by atoms with Crippen LogP contribution in [0.3, 0.4) is 0 Å². The number of hydrogen-bond donors (Lipinski definition) is 5. The number of carbonyl (C=O) groups excluding carboxylic acids is 4. The van der Waals surface area contributed by atoms with E-state index in [1.54, 1.807) is 18.2 Å². The number of ketones is 1. The Morgan fingerprint density at radius 2 is 1.74 bits per heavy atom. The molecule has 0 aliphatic carbocycles. The van der Waals surface area contributed by atoms with Crippen LogP contribution in [0, 0.1) is 5.92 Å². The number of rotatable bonds is 13. The Bertz CT molecular complexity index is 1290. The smallest absolute Gasteiger partial charge is 0.289 e. The number of aromatic nitrogens is 3. The molecule has 3 unspecified atom stereocenters. The first-order chi connectivity index (χ1) is 18.3. The second-order valence-corrected chi connectivity index (χ2v) is 9.06. The molecule has 3 amide bonds. The maximum atomic E-state index is 13.4. The normalized spacial score (nSPS) is 13.1. The Hall–Kier alpha value is -4.54. The number of aromatic amines is 2. The monoisotopic (exact) mass is 520 g/mol. The molecule has 0 aliphatic heterocycles. The van der Waals surface area contributed by atoms with Crippen molar-refractivity contribution in [2.24, 2.45) is 5.92 Å². The third kappa shape index (κ3) is 7.99. The number of amides is 3. The summed E-state index contributed by atoms with van der Waals surface area (Å²) in [6, 6.07) is 9.84. The predicted molar refractivity (Wildman–Crippen MR) is 140 cm³/mol. The van der Waals surface area contributed by atoms with E-state index in [9.17, 15) is 24.0 Å². The average molecular weight is 521 g/mol. The lowest BCUT2D eigenvalue weighted by atomic mass is 9.97. The van der Waals surface area contributed by atoms with Gasteiger partial charge in [-0.25, -0.2) is 4.98 Å². The van der Waals surface area contributed by atoms with Crippen molar-refractivity contribution in [1.82, 2.24) is 30.9 Å². The molecule has 5 N–H and O–H groups in total. The van der Waals surface area contributed by atoms with Gasteiger partial charge in [-0.15, -0.1) is 0 Å². The number of nitrogens with one attached hydrogen (secondary N) is 5. The van der Waals surface area contributed by atoms with Gasteiger partial charge in [0.25, 0.3) is 17.4 Å². The first-order valence-electron chi connectivity index (χ1n) is 12.4. The third-order valence-corrected chi connectivity index (χ3v) is 6.18. The molecular weight excluding hydrogens is 488 g/mol. The fraction of sp³-hybridized carbons (Fsp3) is 0.333. The Kier molecular flexibility index (Phi) is 10.1. The van der Waals surface area contributed by atoms with E-state index in [4.69, 9.17) is 0 Å². The first-order valence-corrected chi connectivity index (χ1v) is 12.4. The van der Waals surface area contributed by atoms with Gasteiger partial charge in [0.2, 0.25) is 11.7 Å². The van der Waals surface area contributed by atoms with Gasteiger partial charge in [0.15, 0.2) is 0 Å². The molecule has 200 valence electrons. The number of imidazole rings is 1. The molecular formula is C27H32N6O5. The zero-order valence-corrected chi connectivity index (χ0v) is 21.3. The van der Waals surface area contributed by atoms with Crippen LogP contribution in [0.1, 0.15) is 48.3 Å². The SMILES string of the molecule is CCC(C)CC(NC(=O)c1cnc[nH]1)C(=O)NC(Cc1ccc[nH]c1=O)C(=O)C(=O)NCc1ccccc1. The molecule has 0 saturated heterocycles. The summed E-state index contributed by atoms with van der Waals surface area (Å²) in [6.45, 7) is 4.02. The number of carbonyl (C=O) groups is 4. The molecule has 3 rings (SSSR count). The number of pyridine rings is 1. The zero-order chi connectivity index (χ0) is 27.5. The highest BCUT2D eigenvalue weighted by Crippen LogP contribution is 2.12. The molecule has 3 aromatic rings. The van der Waals surface area contributed by atoms with Crippen LogP contribution in [0.4, 0.5) is 0 Å². The van der Waals surface area contributed by atoms with Crippen molar-refractivity contribution in [3.63, 3.8) is 0 Å². The van der Waals surface area contributed by atoms with Gasteiger partial charge in [0, 0.05) is 24.7 Å². The summed E-state index contributed by atoms with van der Waals surface area (Å²) >= 11 is 0. The van der Waals surface area contributed by atoms with Crippen LogP contribution in [0.2, 0.25) is 0 Å². The van der Waals surface area contributed by atoms with Gasteiger partial charge >= 0.3 is 0 Å². The predicted octanol–water partition coefficient (Wildman–Crippen LogP) is 1.25. The lowest BCUT2D eigenvalue weighted by molar-refractivity contribution is -0.140.